The lowest BCUT2D eigenvalue weighted by Crippen LogP contribution is -2.60. The van der Waals surface area contributed by atoms with Gasteiger partial charge in [0, 0.05) is 35.2 Å². The Morgan fingerprint density at radius 3 is 1.00 bits per heavy atom. The van der Waals surface area contributed by atoms with Gasteiger partial charge in [-0.3, -0.25) is 0 Å². The first-order valence-corrected chi connectivity index (χ1v) is 15.7. The van der Waals surface area contributed by atoms with Crippen LogP contribution < -0.4 is 10.4 Å². The van der Waals surface area contributed by atoms with Gasteiger partial charge in [-0.1, -0.05) is 121 Å². The Hall–Kier alpha value is -5.26. The van der Waals surface area contributed by atoms with E-state index in [0.717, 1.165) is 44.3 Å². The number of benzene rings is 4. The van der Waals surface area contributed by atoms with Crippen LogP contribution >= 0.6 is 0 Å². The van der Waals surface area contributed by atoms with E-state index in [4.69, 9.17) is 19.9 Å². The van der Waals surface area contributed by atoms with Crippen LogP contribution in [0.2, 0.25) is 0 Å². The predicted molar refractivity (Wildman–Crippen MR) is 168 cm³/mol. The summed E-state index contributed by atoms with van der Waals surface area (Å²) in [5, 5.41) is 4.75. The Morgan fingerprint density at radius 1 is 0.341 bits per heavy atom. The number of hydrogen-bond donors (Lipinski definition) is 0. The average Bonchev–Trinajstić information content (AvgIpc) is 3.40. The Bertz CT molecular complexity index is 1700. The van der Waals surface area contributed by atoms with E-state index in [0.29, 0.717) is 0 Å². The molecule has 1 aliphatic heterocycles. The zero-order chi connectivity index (χ0) is 27.5. The van der Waals surface area contributed by atoms with E-state index < -0.39 is 8.07 Å². The SMILES string of the molecule is c1ccc(C2=C(c3ncccn3)[Si](c3ccccc3)(c3ccccc3)C(c3ncccn3)=C2c2ccccc2)cc1. The van der Waals surface area contributed by atoms with Crippen LogP contribution in [0.3, 0.4) is 0 Å². The molecule has 0 atom stereocenters. The van der Waals surface area contributed by atoms with Gasteiger partial charge >= 0.3 is 0 Å². The third kappa shape index (κ3) is 4.15. The molecule has 0 N–H and O–H groups in total. The molecule has 0 unspecified atom stereocenters. The molecule has 0 fully saturated rings. The van der Waals surface area contributed by atoms with Gasteiger partial charge in [0.15, 0.2) is 19.7 Å². The van der Waals surface area contributed by atoms with E-state index in [1.54, 1.807) is 0 Å². The summed E-state index contributed by atoms with van der Waals surface area (Å²) >= 11 is 0. The molecule has 0 saturated heterocycles. The Morgan fingerprint density at radius 2 is 0.659 bits per heavy atom. The van der Waals surface area contributed by atoms with E-state index in [1.807, 2.05) is 36.9 Å². The number of allylic oxidation sites excluding steroid dienone is 2. The highest BCUT2D eigenvalue weighted by Crippen LogP contribution is 2.54. The van der Waals surface area contributed by atoms with Crippen molar-refractivity contribution in [2.45, 2.75) is 0 Å². The van der Waals surface area contributed by atoms with Crippen LogP contribution in [0.4, 0.5) is 0 Å². The zero-order valence-corrected chi connectivity index (χ0v) is 23.3. The fraction of sp³-hybridized carbons (Fsp3) is 0. The van der Waals surface area contributed by atoms with Gasteiger partial charge < -0.3 is 0 Å². The largest absolute Gasteiger partial charge is 0.237 e. The van der Waals surface area contributed by atoms with E-state index in [1.165, 1.54) is 10.4 Å². The fourth-order valence-corrected chi connectivity index (χ4v) is 11.4. The van der Waals surface area contributed by atoms with Gasteiger partial charge in [-0.25, -0.2) is 19.9 Å². The smallest absolute Gasteiger partial charge is 0.190 e. The maximum atomic E-state index is 4.94. The molecular weight excluding hydrogens is 517 g/mol. The predicted octanol–water partition coefficient (Wildman–Crippen LogP) is 6.14. The molecule has 0 amide bonds. The second-order valence-electron chi connectivity index (χ2n) is 9.86. The average molecular weight is 543 g/mol. The molecule has 4 aromatic carbocycles. The van der Waals surface area contributed by atoms with E-state index in [-0.39, 0.29) is 0 Å². The lowest BCUT2D eigenvalue weighted by Gasteiger charge is -2.34. The quantitative estimate of drug-likeness (QED) is 0.237. The highest BCUT2D eigenvalue weighted by molar-refractivity contribution is 7.29. The molecule has 0 bridgehead atoms. The van der Waals surface area contributed by atoms with Crippen molar-refractivity contribution in [2.75, 3.05) is 0 Å². The van der Waals surface area contributed by atoms with Crippen molar-refractivity contribution in [3.05, 3.63) is 181 Å². The first-order chi connectivity index (χ1) is 20.4. The number of aromatic nitrogens is 4. The van der Waals surface area contributed by atoms with E-state index in [9.17, 15) is 0 Å². The minimum Gasteiger partial charge on any atom is -0.237 e. The lowest BCUT2D eigenvalue weighted by molar-refractivity contribution is 1.12. The number of hydrogen-bond acceptors (Lipinski definition) is 4. The molecule has 2 aromatic heterocycles. The van der Waals surface area contributed by atoms with E-state index in [2.05, 4.69) is 121 Å². The van der Waals surface area contributed by atoms with Crippen LogP contribution in [0.1, 0.15) is 22.8 Å². The monoisotopic (exact) mass is 542 g/mol. The molecule has 5 heteroatoms. The van der Waals surface area contributed by atoms with Crippen molar-refractivity contribution in [3.8, 4) is 0 Å². The molecule has 41 heavy (non-hydrogen) atoms. The summed E-state index contributed by atoms with van der Waals surface area (Å²) in [6.45, 7) is 0. The third-order valence-electron chi connectivity index (χ3n) is 7.62. The van der Waals surface area contributed by atoms with Crippen LogP contribution in [-0.2, 0) is 0 Å². The topological polar surface area (TPSA) is 51.6 Å². The molecule has 0 aliphatic carbocycles. The van der Waals surface area contributed by atoms with Crippen molar-refractivity contribution < 1.29 is 0 Å². The maximum absolute atomic E-state index is 4.94. The molecule has 4 nitrogen and oxygen atoms in total. The maximum Gasteiger partial charge on any atom is 0.190 e. The van der Waals surface area contributed by atoms with Gasteiger partial charge in [-0.15, -0.1) is 0 Å². The van der Waals surface area contributed by atoms with E-state index >= 15 is 0 Å². The summed E-state index contributed by atoms with van der Waals surface area (Å²) < 4.78 is 0. The fourth-order valence-electron chi connectivity index (χ4n) is 6.07. The summed E-state index contributed by atoms with van der Waals surface area (Å²) in [6, 6.07) is 46.7. The summed E-state index contributed by atoms with van der Waals surface area (Å²) in [6.07, 6.45) is 7.36. The minimum atomic E-state index is -3.11. The molecular formula is C36H26N4Si. The van der Waals surface area contributed by atoms with Crippen molar-refractivity contribution in [3.63, 3.8) is 0 Å². The minimum absolute atomic E-state index is 0.727. The molecule has 7 rings (SSSR count). The van der Waals surface area contributed by atoms with Gasteiger partial charge in [0.05, 0.1) is 0 Å². The van der Waals surface area contributed by atoms with Gasteiger partial charge in [-0.2, -0.15) is 0 Å². The highest BCUT2D eigenvalue weighted by Gasteiger charge is 2.55. The molecule has 3 heterocycles. The summed E-state index contributed by atoms with van der Waals surface area (Å²) in [7, 11) is -3.11. The lowest BCUT2D eigenvalue weighted by atomic mass is 9.91. The molecule has 0 saturated carbocycles. The normalized spacial score (nSPS) is 14.3. The van der Waals surface area contributed by atoms with Crippen LogP contribution in [0.15, 0.2) is 158 Å². The van der Waals surface area contributed by atoms with Crippen LogP contribution in [0.25, 0.3) is 21.5 Å². The number of rotatable bonds is 6. The van der Waals surface area contributed by atoms with Gasteiger partial charge in [0.25, 0.3) is 0 Å². The van der Waals surface area contributed by atoms with Gasteiger partial charge in [0.1, 0.15) is 0 Å². The molecule has 6 aromatic rings. The highest BCUT2D eigenvalue weighted by atomic mass is 28.3. The van der Waals surface area contributed by atoms with Crippen LogP contribution in [0, 0.1) is 0 Å². The van der Waals surface area contributed by atoms with Crippen molar-refractivity contribution >= 4 is 40.0 Å². The van der Waals surface area contributed by atoms with Gasteiger partial charge in [-0.05, 0) is 44.8 Å². The first-order valence-electron chi connectivity index (χ1n) is 13.7. The standard InChI is InChI=1S/C36H26N4Si/c1-5-15-27(16-6-1)31-32(28-17-7-2-8-18-28)34(36-39-25-14-26-40-36)41(29-19-9-3-10-20-29,30-21-11-4-12-22-30)33(31)35-37-23-13-24-38-35/h1-26H. The summed E-state index contributed by atoms with van der Waals surface area (Å²) in [5.41, 5.74) is 4.49. The van der Waals surface area contributed by atoms with Crippen LogP contribution in [-0.4, -0.2) is 28.0 Å². The van der Waals surface area contributed by atoms with Crippen molar-refractivity contribution in [2.24, 2.45) is 0 Å². The molecule has 194 valence electrons. The number of nitrogens with zero attached hydrogens (tertiary/aromatic N) is 4. The first kappa shape index (κ1) is 24.8. The second-order valence-corrected chi connectivity index (χ2v) is 13.5. The zero-order valence-electron chi connectivity index (χ0n) is 22.3. The van der Waals surface area contributed by atoms with Crippen LogP contribution in [0.5, 0.6) is 0 Å². The second kappa shape index (κ2) is 10.7. The Balaban J connectivity index is 1.77. The molecule has 0 spiro atoms. The van der Waals surface area contributed by atoms with Crippen molar-refractivity contribution in [1.29, 1.82) is 0 Å². The third-order valence-corrected chi connectivity index (χ3v) is 12.5. The molecule has 1 aliphatic rings. The molecule has 0 radical (unpaired) electrons. The Kier molecular flexibility index (Phi) is 6.47. The summed E-state index contributed by atoms with van der Waals surface area (Å²) in [5.74, 6) is 1.45. The van der Waals surface area contributed by atoms with Crippen molar-refractivity contribution in [1.82, 2.24) is 19.9 Å². The Labute approximate surface area is 240 Å². The summed E-state index contributed by atoms with van der Waals surface area (Å²) in [4.78, 5) is 19.7. The van der Waals surface area contributed by atoms with Gasteiger partial charge in [0.2, 0.25) is 0 Å².